The fourth-order valence-electron chi connectivity index (χ4n) is 1.69. The summed E-state index contributed by atoms with van der Waals surface area (Å²) in [6, 6.07) is 8.22. The molecule has 8 heteroatoms. The normalized spacial score (nSPS) is 10.2. The third-order valence-electron chi connectivity index (χ3n) is 2.63. The van der Waals surface area contributed by atoms with Crippen molar-refractivity contribution in [2.24, 2.45) is 0 Å². The first-order chi connectivity index (χ1) is 9.88. The van der Waals surface area contributed by atoms with Crippen molar-refractivity contribution in [2.75, 3.05) is 5.32 Å². The SMILES string of the molecule is O=C(O)c1ccc(Nc2cc(Cl)ccc2[N+](=O)[O-])cc1Cl. The molecular formula is C13H8Cl2N2O4. The molecule has 0 aliphatic carbocycles. The first-order valence-corrected chi connectivity index (χ1v) is 6.38. The van der Waals surface area contributed by atoms with Crippen molar-refractivity contribution < 1.29 is 14.8 Å². The number of carboxylic acids is 1. The van der Waals surface area contributed by atoms with E-state index in [2.05, 4.69) is 5.32 Å². The molecule has 2 N–H and O–H groups in total. The second-order valence-electron chi connectivity index (χ2n) is 4.04. The number of anilines is 2. The molecule has 0 amide bonds. The van der Waals surface area contributed by atoms with Gasteiger partial charge >= 0.3 is 5.97 Å². The number of nitrogens with one attached hydrogen (secondary N) is 1. The summed E-state index contributed by atoms with van der Waals surface area (Å²) in [6.07, 6.45) is 0. The average molecular weight is 327 g/mol. The van der Waals surface area contributed by atoms with E-state index in [9.17, 15) is 14.9 Å². The fraction of sp³-hybridized carbons (Fsp3) is 0. The Balaban J connectivity index is 2.38. The number of halogens is 2. The number of nitro benzene ring substituents is 1. The van der Waals surface area contributed by atoms with E-state index in [1.54, 1.807) is 0 Å². The van der Waals surface area contributed by atoms with E-state index in [0.29, 0.717) is 10.7 Å². The van der Waals surface area contributed by atoms with Gasteiger partial charge in [0.1, 0.15) is 5.69 Å². The van der Waals surface area contributed by atoms with Crippen LogP contribution in [0.4, 0.5) is 17.1 Å². The number of hydrogen-bond donors (Lipinski definition) is 2. The number of nitrogens with zero attached hydrogens (tertiary/aromatic N) is 1. The standard InChI is InChI=1S/C13H8Cl2N2O4/c14-7-1-4-12(17(20)21)11(5-7)16-8-2-3-9(13(18)19)10(15)6-8/h1-6,16H,(H,18,19). The highest BCUT2D eigenvalue weighted by molar-refractivity contribution is 6.33. The van der Waals surface area contributed by atoms with Crippen LogP contribution in [0.3, 0.4) is 0 Å². The Kier molecular flexibility index (Phi) is 4.30. The van der Waals surface area contributed by atoms with E-state index in [1.165, 1.54) is 36.4 Å². The van der Waals surface area contributed by atoms with Crippen LogP contribution in [0.1, 0.15) is 10.4 Å². The molecule has 0 saturated carbocycles. The van der Waals surface area contributed by atoms with Gasteiger partial charge in [-0.3, -0.25) is 10.1 Å². The monoisotopic (exact) mass is 326 g/mol. The molecule has 0 spiro atoms. The second kappa shape index (κ2) is 5.99. The zero-order valence-corrected chi connectivity index (χ0v) is 11.9. The highest BCUT2D eigenvalue weighted by atomic mass is 35.5. The molecule has 0 aromatic heterocycles. The molecule has 0 fully saturated rings. The summed E-state index contributed by atoms with van der Waals surface area (Å²) < 4.78 is 0. The largest absolute Gasteiger partial charge is 0.478 e. The van der Waals surface area contributed by atoms with Crippen molar-refractivity contribution in [2.45, 2.75) is 0 Å². The van der Waals surface area contributed by atoms with Crippen molar-refractivity contribution in [3.8, 4) is 0 Å². The van der Waals surface area contributed by atoms with E-state index >= 15 is 0 Å². The van der Waals surface area contributed by atoms with Gasteiger partial charge in [-0.1, -0.05) is 23.2 Å². The Labute approximate surface area is 129 Å². The molecule has 2 aromatic carbocycles. The van der Waals surface area contributed by atoms with Gasteiger partial charge in [0.25, 0.3) is 5.69 Å². The first-order valence-electron chi connectivity index (χ1n) is 5.62. The van der Waals surface area contributed by atoms with Crippen LogP contribution < -0.4 is 5.32 Å². The molecule has 0 unspecified atom stereocenters. The van der Waals surface area contributed by atoms with Gasteiger partial charge in [0.2, 0.25) is 0 Å². The van der Waals surface area contributed by atoms with Gasteiger partial charge in [-0.05, 0) is 30.3 Å². The van der Waals surface area contributed by atoms with Crippen LogP contribution in [0.25, 0.3) is 0 Å². The molecular weight excluding hydrogens is 319 g/mol. The van der Waals surface area contributed by atoms with Crippen molar-refractivity contribution in [3.05, 3.63) is 62.1 Å². The lowest BCUT2D eigenvalue weighted by atomic mass is 10.2. The van der Waals surface area contributed by atoms with E-state index in [0.717, 1.165) is 0 Å². The summed E-state index contributed by atoms with van der Waals surface area (Å²) in [4.78, 5) is 21.3. The lowest BCUT2D eigenvalue weighted by molar-refractivity contribution is -0.383. The van der Waals surface area contributed by atoms with Gasteiger partial charge in [-0.25, -0.2) is 4.79 Å². The minimum Gasteiger partial charge on any atom is -0.478 e. The molecule has 2 rings (SSSR count). The molecule has 108 valence electrons. The Bertz CT molecular complexity index is 734. The van der Waals surface area contributed by atoms with Crippen LogP contribution in [0, 0.1) is 10.1 Å². The number of carboxylic acid groups (broad SMARTS) is 1. The highest BCUT2D eigenvalue weighted by Crippen LogP contribution is 2.31. The molecule has 0 bridgehead atoms. The topological polar surface area (TPSA) is 92.5 Å². The number of aromatic carboxylic acids is 1. The quantitative estimate of drug-likeness (QED) is 0.643. The summed E-state index contributed by atoms with van der Waals surface area (Å²) >= 11 is 11.7. The van der Waals surface area contributed by atoms with E-state index in [-0.39, 0.29) is 22.0 Å². The van der Waals surface area contributed by atoms with Crippen LogP contribution >= 0.6 is 23.2 Å². The maximum Gasteiger partial charge on any atom is 0.337 e. The van der Waals surface area contributed by atoms with Gasteiger partial charge < -0.3 is 10.4 Å². The van der Waals surface area contributed by atoms with Gasteiger partial charge in [0.05, 0.1) is 15.5 Å². The van der Waals surface area contributed by atoms with Gasteiger partial charge in [0, 0.05) is 16.8 Å². The molecule has 0 aliphatic heterocycles. The van der Waals surface area contributed by atoms with Crippen molar-refractivity contribution in [1.29, 1.82) is 0 Å². The number of benzene rings is 2. The minimum absolute atomic E-state index is 0.0252. The van der Waals surface area contributed by atoms with Crippen molar-refractivity contribution in [3.63, 3.8) is 0 Å². The predicted octanol–water partition coefficient (Wildman–Crippen LogP) is 4.34. The first kappa shape index (κ1) is 15.1. The highest BCUT2D eigenvalue weighted by Gasteiger charge is 2.15. The van der Waals surface area contributed by atoms with E-state index < -0.39 is 10.9 Å². The third-order valence-corrected chi connectivity index (χ3v) is 3.18. The van der Waals surface area contributed by atoms with Crippen molar-refractivity contribution in [1.82, 2.24) is 0 Å². The summed E-state index contributed by atoms with van der Waals surface area (Å²) in [6.45, 7) is 0. The number of rotatable bonds is 4. The number of hydrogen-bond acceptors (Lipinski definition) is 4. The van der Waals surface area contributed by atoms with Crippen LogP contribution in [0.2, 0.25) is 10.0 Å². The van der Waals surface area contributed by atoms with E-state index in [1.807, 2.05) is 0 Å². The molecule has 0 heterocycles. The molecule has 2 aromatic rings. The zero-order chi connectivity index (χ0) is 15.6. The lowest BCUT2D eigenvalue weighted by Crippen LogP contribution is -2.00. The molecule has 21 heavy (non-hydrogen) atoms. The maximum absolute atomic E-state index is 11.0. The molecule has 0 aliphatic rings. The molecule has 0 radical (unpaired) electrons. The smallest absolute Gasteiger partial charge is 0.337 e. The van der Waals surface area contributed by atoms with E-state index in [4.69, 9.17) is 28.3 Å². The van der Waals surface area contributed by atoms with Gasteiger partial charge in [-0.15, -0.1) is 0 Å². The summed E-state index contributed by atoms with van der Waals surface area (Å²) in [5.41, 5.74) is 0.391. The van der Waals surface area contributed by atoms with Gasteiger partial charge in [-0.2, -0.15) is 0 Å². The second-order valence-corrected chi connectivity index (χ2v) is 4.89. The van der Waals surface area contributed by atoms with Crippen molar-refractivity contribution >= 4 is 46.2 Å². The molecule has 0 saturated heterocycles. The lowest BCUT2D eigenvalue weighted by Gasteiger charge is -2.09. The van der Waals surface area contributed by atoms with Crippen LogP contribution in [-0.4, -0.2) is 16.0 Å². The average Bonchev–Trinajstić information content (AvgIpc) is 2.37. The number of nitro groups is 1. The molecule has 6 nitrogen and oxygen atoms in total. The summed E-state index contributed by atoms with van der Waals surface area (Å²) in [5, 5.41) is 23.0. The summed E-state index contributed by atoms with van der Waals surface area (Å²) in [5.74, 6) is -1.15. The Morgan fingerprint density at radius 1 is 1.19 bits per heavy atom. The maximum atomic E-state index is 11.0. The predicted molar refractivity (Wildman–Crippen MR) is 79.8 cm³/mol. The third kappa shape index (κ3) is 3.42. The molecule has 0 atom stereocenters. The van der Waals surface area contributed by atoms with Crippen LogP contribution in [-0.2, 0) is 0 Å². The number of carbonyl (C=O) groups is 1. The van der Waals surface area contributed by atoms with Gasteiger partial charge in [0.15, 0.2) is 0 Å². The minimum atomic E-state index is -1.15. The Hall–Kier alpha value is -2.31. The zero-order valence-electron chi connectivity index (χ0n) is 10.3. The van der Waals surface area contributed by atoms with Crippen LogP contribution in [0.15, 0.2) is 36.4 Å². The summed E-state index contributed by atoms with van der Waals surface area (Å²) in [7, 11) is 0. The Morgan fingerprint density at radius 2 is 1.90 bits per heavy atom. The van der Waals surface area contributed by atoms with Crippen LogP contribution in [0.5, 0.6) is 0 Å². The fourth-order valence-corrected chi connectivity index (χ4v) is 2.12. The Morgan fingerprint density at radius 3 is 2.48 bits per heavy atom.